The molecule has 0 saturated carbocycles. The number of carbonyl (C=O) groups excluding carboxylic acids is 1. The Morgan fingerprint density at radius 1 is 0.970 bits per heavy atom. The third kappa shape index (κ3) is 4.81. The van der Waals surface area contributed by atoms with Crippen molar-refractivity contribution in [3.63, 3.8) is 0 Å². The molecule has 0 atom stereocenters. The van der Waals surface area contributed by atoms with Gasteiger partial charge in [-0.15, -0.1) is 0 Å². The molecule has 2 aromatic heterocycles. The zero-order valence-corrected chi connectivity index (χ0v) is 19.8. The molecule has 0 saturated heterocycles. The minimum atomic E-state index is 0.0565. The Balaban J connectivity index is 1.57. The molecule has 4 aromatic rings. The van der Waals surface area contributed by atoms with Crippen molar-refractivity contribution < 1.29 is 4.79 Å². The third-order valence-electron chi connectivity index (χ3n) is 6.18. The molecular formula is C27H31N5O. The van der Waals surface area contributed by atoms with Gasteiger partial charge in [0.25, 0.3) is 5.91 Å². The van der Waals surface area contributed by atoms with Crippen molar-refractivity contribution in [2.24, 2.45) is 0 Å². The number of rotatable bonds is 7. The van der Waals surface area contributed by atoms with E-state index in [1.54, 1.807) is 4.90 Å². The van der Waals surface area contributed by atoms with E-state index in [0.717, 1.165) is 52.3 Å². The first-order valence-corrected chi connectivity index (χ1v) is 11.3. The molecule has 0 aliphatic rings. The standard InChI is InChI=1S/C27H31N5O/c1-18-17-21(27(33)32(4)16-15-31(2)3)12-10-19(18)9-11-20-13-14-29-25-24(20)22-7-5-6-8-23(22)30-26(25)28/h5-8,10,12-14,17H,9,11,15-16H2,1-4H3,(H2,28,30). The fourth-order valence-electron chi connectivity index (χ4n) is 4.22. The van der Waals surface area contributed by atoms with Crippen LogP contribution in [0, 0.1) is 6.92 Å². The number of nitrogen functional groups attached to an aromatic ring is 1. The van der Waals surface area contributed by atoms with E-state index < -0.39 is 0 Å². The van der Waals surface area contributed by atoms with Crippen molar-refractivity contribution in [2.45, 2.75) is 19.8 Å². The summed E-state index contributed by atoms with van der Waals surface area (Å²) in [6, 6.07) is 16.2. The fraction of sp³-hybridized carbons (Fsp3) is 0.296. The van der Waals surface area contributed by atoms with Crippen LogP contribution in [-0.4, -0.2) is 59.9 Å². The van der Waals surface area contributed by atoms with Crippen LogP contribution < -0.4 is 5.73 Å². The summed E-state index contributed by atoms with van der Waals surface area (Å²) in [7, 11) is 5.88. The van der Waals surface area contributed by atoms with Gasteiger partial charge in [-0.2, -0.15) is 0 Å². The first-order chi connectivity index (χ1) is 15.8. The van der Waals surface area contributed by atoms with Gasteiger partial charge in [0.2, 0.25) is 0 Å². The summed E-state index contributed by atoms with van der Waals surface area (Å²) in [5.41, 5.74) is 12.2. The molecule has 2 heterocycles. The number of aromatic nitrogens is 2. The number of hydrogen-bond acceptors (Lipinski definition) is 5. The summed E-state index contributed by atoms with van der Waals surface area (Å²) in [5, 5.41) is 2.15. The largest absolute Gasteiger partial charge is 0.382 e. The molecule has 6 heteroatoms. The Hall–Kier alpha value is -3.51. The van der Waals surface area contributed by atoms with Gasteiger partial charge in [0.15, 0.2) is 5.82 Å². The monoisotopic (exact) mass is 441 g/mol. The van der Waals surface area contributed by atoms with Gasteiger partial charge in [-0.3, -0.25) is 9.78 Å². The first kappa shape index (κ1) is 22.7. The second kappa shape index (κ2) is 9.55. The lowest BCUT2D eigenvalue weighted by Gasteiger charge is -2.20. The molecule has 0 unspecified atom stereocenters. The quantitative estimate of drug-likeness (QED) is 0.437. The summed E-state index contributed by atoms with van der Waals surface area (Å²) in [6.07, 6.45) is 3.53. The van der Waals surface area contributed by atoms with Gasteiger partial charge in [0.1, 0.15) is 5.52 Å². The number of benzene rings is 2. The number of pyridine rings is 2. The predicted octanol–water partition coefficient (Wildman–Crippen LogP) is 4.09. The van der Waals surface area contributed by atoms with Crippen LogP contribution in [0.2, 0.25) is 0 Å². The summed E-state index contributed by atoms with van der Waals surface area (Å²) >= 11 is 0. The van der Waals surface area contributed by atoms with Crippen molar-refractivity contribution in [3.05, 3.63) is 77.0 Å². The van der Waals surface area contributed by atoms with Crippen molar-refractivity contribution in [1.29, 1.82) is 0 Å². The summed E-state index contributed by atoms with van der Waals surface area (Å²) in [5.74, 6) is 0.518. The van der Waals surface area contributed by atoms with Gasteiger partial charge >= 0.3 is 0 Å². The molecule has 0 aliphatic carbocycles. The lowest BCUT2D eigenvalue weighted by Crippen LogP contribution is -2.33. The first-order valence-electron chi connectivity index (χ1n) is 11.3. The van der Waals surface area contributed by atoms with E-state index in [4.69, 9.17) is 5.73 Å². The molecule has 4 rings (SSSR count). The normalized spacial score (nSPS) is 11.4. The van der Waals surface area contributed by atoms with Crippen LogP contribution in [0.5, 0.6) is 0 Å². The smallest absolute Gasteiger partial charge is 0.253 e. The minimum Gasteiger partial charge on any atom is -0.382 e. The van der Waals surface area contributed by atoms with E-state index in [9.17, 15) is 4.79 Å². The molecule has 170 valence electrons. The number of para-hydroxylation sites is 1. The second-order valence-electron chi connectivity index (χ2n) is 8.88. The number of nitrogens with zero attached hydrogens (tertiary/aromatic N) is 4. The Kier molecular flexibility index (Phi) is 6.56. The summed E-state index contributed by atoms with van der Waals surface area (Å²) < 4.78 is 0. The molecular weight excluding hydrogens is 410 g/mol. The number of anilines is 1. The highest BCUT2D eigenvalue weighted by Gasteiger charge is 2.14. The van der Waals surface area contributed by atoms with Crippen molar-refractivity contribution in [2.75, 3.05) is 40.0 Å². The highest BCUT2D eigenvalue weighted by Crippen LogP contribution is 2.30. The van der Waals surface area contributed by atoms with Gasteiger partial charge in [0.05, 0.1) is 5.52 Å². The second-order valence-corrected chi connectivity index (χ2v) is 8.88. The van der Waals surface area contributed by atoms with Crippen LogP contribution >= 0.6 is 0 Å². The highest BCUT2D eigenvalue weighted by molar-refractivity contribution is 6.09. The SMILES string of the molecule is Cc1cc(C(=O)N(C)CCN(C)C)ccc1CCc1ccnc2c(N)nc3ccccc3c12. The zero-order valence-electron chi connectivity index (χ0n) is 19.8. The number of likely N-dealkylation sites (N-methyl/N-ethyl adjacent to an activating group) is 2. The van der Waals surface area contributed by atoms with E-state index in [1.165, 1.54) is 11.1 Å². The Morgan fingerprint density at radius 3 is 2.48 bits per heavy atom. The number of carbonyl (C=O) groups is 1. The molecule has 0 fully saturated rings. The average Bonchev–Trinajstić information content (AvgIpc) is 2.81. The lowest BCUT2D eigenvalue weighted by molar-refractivity contribution is 0.0786. The van der Waals surface area contributed by atoms with Crippen LogP contribution in [0.3, 0.4) is 0 Å². The number of fused-ring (bicyclic) bond motifs is 3. The fourth-order valence-corrected chi connectivity index (χ4v) is 4.22. The zero-order chi connectivity index (χ0) is 23.5. The minimum absolute atomic E-state index is 0.0565. The number of aryl methyl sites for hydroxylation is 3. The molecule has 0 radical (unpaired) electrons. The van der Waals surface area contributed by atoms with Gasteiger partial charge < -0.3 is 15.5 Å². The van der Waals surface area contributed by atoms with Crippen molar-refractivity contribution in [1.82, 2.24) is 19.8 Å². The Labute approximate surface area is 195 Å². The van der Waals surface area contributed by atoms with Crippen LogP contribution in [-0.2, 0) is 12.8 Å². The predicted molar refractivity (Wildman–Crippen MR) is 136 cm³/mol. The van der Waals surface area contributed by atoms with E-state index >= 15 is 0 Å². The maximum Gasteiger partial charge on any atom is 0.253 e. The van der Waals surface area contributed by atoms with Crippen molar-refractivity contribution in [3.8, 4) is 0 Å². The molecule has 1 amide bonds. The Bertz CT molecular complexity index is 1310. The van der Waals surface area contributed by atoms with Crippen LogP contribution in [0.15, 0.2) is 54.7 Å². The Morgan fingerprint density at radius 2 is 1.73 bits per heavy atom. The molecule has 2 N–H and O–H groups in total. The molecule has 0 spiro atoms. The number of amides is 1. The third-order valence-corrected chi connectivity index (χ3v) is 6.18. The molecule has 6 nitrogen and oxygen atoms in total. The average molecular weight is 442 g/mol. The lowest BCUT2D eigenvalue weighted by atomic mass is 9.96. The van der Waals surface area contributed by atoms with Gasteiger partial charge in [-0.25, -0.2) is 4.98 Å². The molecule has 2 aromatic carbocycles. The van der Waals surface area contributed by atoms with E-state index in [-0.39, 0.29) is 5.91 Å². The van der Waals surface area contributed by atoms with Gasteiger partial charge in [-0.1, -0.05) is 24.3 Å². The highest BCUT2D eigenvalue weighted by atomic mass is 16.2. The summed E-state index contributed by atoms with van der Waals surface area (Å²) in [4.78, 5) is 25.7. The number of hydrogen-bond donors (Lipinski definition) is 1. The summed E-state index contributed by atoms with van der Waals surface area (Å²) in [6.45, 7) is 3.62. The van der Waals surface area contributed by atoms with Crippen LogP contribution in [0.1, 0.15) is 27.0 Å². The van der Waals surface area contributed by atoms with E-state index in [0.29, 0.717) is 12.4 Å². The number of nitrogens with two attached hydrogens (primary N) is 1. The van der Waals surface area contributed by atoms with Crippen LogP contribution in [0.4, 0.5) is 5.82 Å². The molecule has 33 heavy (non-hydrogen) atoms. The molecule has 0 bridgehead atoms. The van der Waals surface area contributed by atoms with E-state index in [1.807, 2.05) is 57.7 Å². The van der Waals surface area contributed by atoms with Gasteiger partial charge in [-0.05, 0) is 74.8 Å². The topological polar surface area (TPSA) is 75.4 Å². The molecule has 0 aliphatic heterocycles. The van der Waals surface area contributed by atoms with Crippen molar-refractivity contribution >= 4 is 33.5 Å². The maximum atomic E-state index is 12.8. The van der Waals surface area contributed by atoms with Crippen LogP contribution in [0.25, 0.3) is 21.8 Å². The van der Waals surface area contributed by atoms with Gasteiger partial charge in [0, 0.05) is 42.7 Å². The van der Waals surface area contributed by atoms with E-state index in [2.05, 4.69) is 40.0 Å². The maximum absolute atomic E-state index is 12.8.